The molecule has 0 aliphatic carbocycles. The highest BCUT2D eigenvalue weighted by molar-refractivity contribution is 7.98. The van der Waals surface area contributed by atoms with Crippen molar-refractivity contribution >= 4 is 17.7 Å². The molecular weight excluding hydrogens is 346 g/mol. The summed E-state index contributed by atoms with van der Waals surface area (Å²) in [5, 5.41) is 7.60. The molecule has 0 bridgehead atoms. The normalized spacial score (nSPS) is 17.6. The Morgan fingerprint density at radius 1 is 1.19 bits per heavy atom. The predicted molar refractivity (Wildman–Crippen MR) is 104 cm³/mol. The van der Waals surface area contributed by atoms with E-state index in [1.54, 1.807) is 11.8 Å². The number of thioether (sulfide) groups is 1. The SMILES string of the molecule is CN1CCN(CCNC(=O)c2nn(C)c3c2CSc2ccccc2-3)CC1. The largest absolute Gasteiger partial charge is 0.349 e. The summed E-state index contributed by atoms with van der Waals surface area (Å²) in [6.07, 6.45) is 0. The third-order valence-corrected chi connectivity index (χ3v) is 6.28. The van der Waals surface area contributed by atoms with Crippen LogP contribution in [0.15, 0.2) is 29.2 Å². The van der Waals surface area contributed by atoms with E-state index in [2.05, 4.69) is 45.5 Å². The lowest BCUT2D eigenvalue weighted by molar-refractivity contribution is 0.0934. The van der Waals surface area contributed by atoms with Crippen molar-refractivity contribution in [2.45, 2.75) is 10.6 Å². The van der Waals surface area contributed by atoms with Crippen LogP contribution in [0.25, 0.3) is 11.3 Å². The van der Waals surface area contributed by atoms with Crippen LogP contribution in [0.3, 0.4) is 0 Å². The molecule has 26 heavy (non-hydrogen) atoms. The number of benzene rings is 1. The summed E-state index contributed by atoms with van der Waals surface area (Å²) in [5.41, 5.74) is 3.87. The molecule has 2 aliphatic rings. The molecule has 6 nitrogen and oxygen atoms in total. The third-order valence-electron chi connectivity index (χ3n) is 5.18. The zero-order chi connectivity index (χ0) is 18.1. The number of aryl methyl sites for hydroxylation is 1. The molecule has 2 aromatic rings. The van der Waals surface area contributed by atoms with Crippen molar-refractivity contribution < 1.29 is 4.79 Å². The molecule has 3 heterocycles. The van der Waals surface area contributed by atoms with Crippen LogP contribution in [0.2, 0.25) is 0 Å². The summed E-state index contributed by atoms with van der Waals surface area (Å²) in [7, 11) is 4.08. The highest BCUT2D eigenvalue weighted by atomic mass is 32.2. The highest BCUT2D eigenvalue weighted by Gasteiger charge is 2.27. The molecule has 1 amide bonds. The van der Waals surface area contributed by atoms with Crippen LogP contribution in [0.4, 0.5) is 0 Å². The van der Waals surface area contributed by atoms with Crippen LogP contribution in [0, 0.1) is 0 Å². The van der Waals surface area contributed by atoms with Gasteiger partial charge in [0.1, 0.15) is 0 Å². The Labute approximate surface area is 158 Å². The monoisotopic (exact) mass is 371 g/mol. The summed E-state index contributed by atoms with van der Waals surface area (Å²) in [6.45, 7) is 5.89. The maximum Gasteiger partial charge on any atom is 0.272 e. The molecule has 1 aromatic heterocycles. The zero-order valence-corrected chi connectivity index (χ0v) is 16.2. The minimum Gasteiger partial charge on any atom is -0.349 e. The molecular formula is C19H25N5OS. The van der Waals surface area contributed by atoms with Gasteiger partial charge in [-0.25, -0.2) is 0 Å². The quantitative estimate of drug-likeness (QED) is 0.886. The molecule has 0 radical (unpaired) electrons. The van der Waals surface area contributed by atoms with Crippen molar-refractivity contribution in [1.82, 2.24) is 24.9 Å². The first-order valence-electron chi connectivity index (χ1n) is 9.10. The number of piperazine rings is 1. The molecule has 0 atom stereocenters. The molecule has 1 saturated heterocycles. The molecule has 138 valence electrons. The standard InChI is InChI=1S/C19H25N5OS/c1-22-9-11-24(12-10-22)8-7-20-19(25)17-15-13-26-16-6-4-3-5-14(16)18(15)23(2)21-17/h3-6H,7-13H2,1-2H3,(H,20,25). The molecule has 0 spiro atoms. The number of amides is 1. The Morgan fingerprint density at radius 3 is 2.77 bits per heavy atom. The first kappa shape index (κ1) is 17.6. The number of nitrogens with zero attached hydrogens (tertiary/aromatic N) is 4. The molecule has 0 unspecified atom stereocenters. The van der Waals surface area contributed by atoms with Gasteiger partial charge in [0.05, 0.1) is 5.69 Å². The molecule has 4 rings (SSSR count). The Kier molecular flexibility index (Phi) is 5.02. The van der Waals surface area contributed by atoms with Crippen LogP contribution in [0.5, 0.6) is 0 Å². The van der Waals surface area contributed by atoms with Crippen LogP contribution < -0.4 is 5.32 Å². The molecule has 0 saturated carbocycles. The number of likely N-dealkylation sites (N-methyl/N-ethyl adjacent to an activating group) is 1. The lowest BCUT2D eigenvalue weighted by Gasteiger charge is -2.32. The van der Waals surface area contributed by atoms with E-state index in [0.717, 1.165) is 49.7 Å². The number of rotatable bonds is 4. The minimum absolute atomic E-state index is 0.0593. The summed E-state index contributed by atoms with van der Waals surface area (Å²) >= 11 is 1.78. The van der Waals surface area contributed by atoms with Crippen molar-refractivity contribution in [2.75, 3.05) is 46.3 Å². The van der Waals surface area contributed by atoms with Crippen molar-refractivity contribution in [1.29, 1.82) is 0 Å². The zero-order valence-electron chi connectivity index (χ0n) is 15.4. The molecule has 2 aliphatic heterocycles. The summed E-state index contributed by atoms with van der Waals surface area (Å²) in [4.78, 5) is 18.7. The number of carbonyl (C=O) groups is 1. The number of fused-ring (bicyclic) bond motifs is 3. The van der Waals surface area contributed by atoms with Crippen molar-refractivity contribution in [3.63, 3.8) is 0 Å². The van der Waals surface area contributed by atoms with Gasteiger partial charge in [0, 0.05) is 68.1 Å². The second-order valence-corrected chi connectivity index (χ2v) is 8.00. The van der Waals surface area contributed by atoms with Crippen molar-refractivity contribution in [3.8, 4) is 11.3 Å². The van der Waals surface area contributed by atoms with Gasteiger partial charge < -0.3 is 10.2 Å². The van der Waals surface area contributed by atoms with Gasteiger partial charge in [0.15, 0.2) is 5.69 Å². The van der Waals surface area contributed by atoms with E-state index in [-0.39, 0.29) is 5.91 Å². The summed E-state index contributed by atoms with van der Waals surface area (Å²) in [5.74, 6) is 0.734. The van der Waals surface area contributed by atoms with Crippen LogP contribution in [-0.2, 0) is 12.8 Å². The van der Waals surface area contributed by atoms with Gasteiger partial charge in [-0.05, 0) is 13.1 Å². The summed E-state index contributed by atoms with van der Waals surface area (Å²) < 4.78 is 1.85. The van der Waals surface area contributed by atoms with Gasteiger partial charge in [-0.2, -0.15) is 5.10 Å². The first-order chi connectivity index (χ1) is 12.6. The van der Waals surface area contributed by atoms with Crippen LogP contribution in [-0.4, -0.2) is 71.8 Å². The van der Waals surface area contributed by atoms with Gasteiger partial charge in [-0.1, -0.05) is 18.2 Å². The van der Waals surface area contributed by atoms with E-state index in [4.69, 9.17) is 0 Å². The Balaban J connectivity index is 1.43. The number of hydrogen-bond donors (Lipinski definition) is 1. The lowest BCUT2D eigenvalue weighted by Crippen LogP contribution is -2.47. The fourth-order valence-corrected chi connectivity index (χ4v) is 4.71. The Bertz CT molecular complexity index is 810. The van der Waals surface area contributed by atoms with Crippen molar-refractivity contribution in [2.24, 2.45) is 7.05 Å². The molecule has 1 fully saturated rings. The van der Waals surface area contributed by atoms with Crippen LogP contribution in [0.1, 0.15) is 16.1 Å². The Hall–Kier alpha value is -1.83. The summed E-state index contributed by atoms with van der Waals surface area (Å²) in [6, 6.07) is 8.33. The Morgan fingerprint density at radius 2 is 1.96 bits per heavy atom. The fourth-order valence-electron chi connectivity index (χ4n) is 3.64. The smallest absolute Gasteiger partial charge is 0.272 e. The number of nitrogens with one attached hydrogen (secondary N) is 1. The van der Waals surface area contributed by atoms with E-state index in [0.29, 0.717) is 12.2 Å². The van der Waals surface area contributed by atoms with E-state index in [9.17, 15) is 4.79 Å². The van der Waals surface area contributed by atoms with E-state index in [1.165, 1.54) is 10.5 Å². The van der Waals surface area contributed by atoms with Gasteiger partial charge in [0.2, 0.25) is 0 Å². The molecule has 7 heteroatoms. The van der Waals surface area contributed by atoms with E-state index < -0.39 is 0 Å². The lowest BCUT2D eigenvalue weighted by atomic mass is 10.1. The predicted octanol–water partition coefficient (Wildman–Crippen LogP) is 1.67. The van der Waals surface area contributed by atoms with Gasteiger partial charge >= 0.3 is 0 Å². The van der Waals surface area contributed by atoms with Crippen LogP contribution >= 0.6 is 11.8 Å². The maximum atomic E-state index is 12.7. The third kappa shape index (κ3) is 3.39. The highest BCUT2D eigenvalue weighted by Crippen LogP contribution is 2.42. The number of aromatic nitrogens is 2. The fraction of sp³-hybridized carbons (Fsp3) is 0.474. The van der Waals surface area contributed by atoms with Gasteiger partial charge in [-0.3, -0.25) is 14.4 Å². The van der Waals surface area contributed by atoms with E-state index in [1.807, 2.05) is 17.8 Å². The minimum atomic E-state index is -0.0593. The number of hydrogen-bond acceptors (Lipinski definition) is 5. The van der Waals surface area contributed by atoms with E-state index >= 15 is 0 Å². The second-order valence-electron chi connectivity index (χ2n) is 6.99. The average molecular weight is 372 g/mol. The van der Waals surface area contributed by atoms with Gasteiger partial charge in [-0.15, -0.1) is 11.8 Å². The first-order valence-corrected chi connectivity index (χ1v) is 10.1. The maximum absolute atomic E-state index is 12.7. The second kappa shape index (κ2) is 7.42. The van der Waals surface area contributed by atoms with Gasteiger partial charge in [0.25, 0.3) is 5.91 Å². The van der Waals surface area contributed by atoms with Crippen molar-refractivity contribution in [3.05, 3.63) is 35.5 Å². The number of carbonyl (C=O) groups excluding carboxylic acids is 1. The molecule has 1 aromatic carbocycles. The topological polar surface area (TPSA) is 53.4 Å². The average Bonchev–Trinajstić information content (AvgIpc) is 3.00. The molecule has 1 N–H and O–H groups in total.